The van der Waals surface area contributed by atoms with E-state index in [1.807, 2.05) is 12.4 Å². The molecule has 0 aliphatic rings. The normalized spacial score (nSPS) is 13.0. The molecule has 0 bridgehead atoms. The van der Waals surface area contributed by atoms with Crippen molar-refractivity contribution >= 4 is 76.5 Å². The maximum Gasteiger partial charge on any atom is 0.0969 e. The van der Waals surface area contributed by atoms with Crippen molar-refractivity contribution in [2.24, 2.45) is 0 Å². The van der Waals surface area contributed by atoms with E-state index < -0.39 is 0 Å². The van der Waals surface area contributed by atoms with Crippen molar-refractivity contribution in [3.8, 4) is 0 Å². The van der Waals surface area contributed by atoms with Gasteiger partial charge < -0.3 is 8.80 Å². The smallest absolute Gasteiger partial charge is 0.0969 e. The Morgan fingerprint density at radius 3 is 1.41 bits per heavy atom. The zero-order chi connectivity index (χ0) is 20.6. The fraction of sp³-hybridized carbons (Fsp3) is 0. The van der Waals surface area contributed by atoms with E-state index in [4.69, 9.17) is 9.97 Å². The Hall–Kier alpha value is -4.44. The van der Waals surface area contributed by atoms with Gasteiger partial charge in [0.25, 0.3) is 0 Å². The fourth-order valence-corrected chi connectivity index (χ4v) is 6.05. The number of hydrogen-bond acceptors (Lipinski definition) is 2. The molecule has 3 aromatic carbocycles. The van der Waals surface area contributed by atoms with Gasteiger partial charge in [0.05, 0.1) is 44.1 Å². The van der Waals surface area contributed by atoms with Gasteiger partial charge >= 0.3 is 0 Å². The molecule has 0 N–H and O–H groups in total. The molecular formula is C28H14N4. The second-order valence-electron chi connectivity index (χ2n) is 8.70. The van der Waals surface area contributed by atoms with E-state index in [1.165, 1.54) is 65.4 Å². The van der Waals surface area contributed by atoms with E-state index >= 15 is 0 Å². The molecule has 4 heteroatoms. The Bertz CT molecular complexity index is 2040. The summed E-state index contributed by atoms with van der Waals surface area (Å²) in [4.78, 5) is 9.52. The van der Waals surface area contributed by atoms with Crippen LogP contribution in [-0.4, -0.2) is 18.8 Å². The second kappa shape index (κ2) is 4.89. The molecule has 6 heterocycles. The van der Waals surface area contributed by atoms with Gasteiger partial charge in [0, 0.05) is 44.7 Å². The molecule has 0 saturated heterocycles. The van der Waals surface area contributed by atoms with Gasteiger partial charge in [0.15, 0.2) is 0 Å². The first kappa shape index (κ1) is 15.4. The number of para-hydroxylation sites is 2. The van der Waals surface area contributed by atoms with E-state index in [-0.39, 0.29) is 0 Å². The van der Waals surface area contributed by atoms with Gasteiger partial charge in [-0.05, 0) is 36.4 Å². The molecule has 9 aromatic rings. The summed E-state index contributed by atoms with van der Waals surface area (Å²) >= 11 is 0. The number of fused-ring (bicyclic) bond motifs is 12. The van der Waals surface area contributed by atoms with Crippen molar-refractivity contribution in [3.05, 3.63) is 85.2 Å². The molecule has 0 radical (unpaired) electrons. The first-order valence-electron chi connectivity index (χ1n) is 10.9. The molecule has 6 aromatic heterocycles. The molecular weight excluding hydrogens is 392 g/mol. The number of benzene rings is 3. The largest absolute Gasteiger partial charge is 0.306 e. The Morgan fingerprint density at radius 1 is 0.438 bits per heavy atom. The quantitative estimate of drug-likeness (QED) is 0.278. The molecule has 0 aliphatic carbocycles. The minimum atomic E-state index is 1.08. The van der Waals surface area contributed by atoms with E-state index in [0.29, 0.717) is 0 Å². The molecule has 4 nitrogen and oxygen atoms in total. The summed E-state index contributed by atoms with van der Waals surface area (Å²) in [5, 5.41) is 7.46. The first-order chi connectivity index (χ1) is 15.9. The third kappa shape index (κ3) is 1.49. The molecule has 32 heavy (non-hydrogen) atoms. The molecule has 0 saturated carbocycles. The maximum atomic E-state index is 4.76. The lowest BCUT2D eigenvalue weighted by atomic mass is 10.1. The molecule has 0 fully saturated rings. The number of pyridine rings is 2. The third-order valence-electron chi connectivity index (χ3n) is 7.27. The van der Waals surface area contributed by atoms with Crippen LogP contribution in [0.1, 0.15) is 0 Å². The van der Waals surface area contributed by atoms with Gasteiger partial charge in [-0.15, -0.1) is 0 Å². The molecule has 0 spiro atoms. The van der Waals surface area contributed by atoms with Crippen LogP contribution in [0.4, 0.5) is 0 Å². The van der Waals surface area contributed by atoms with Crippen molar-refractivity contribution in [2.45, 2.75) is 0 Å². The van der Waals surface area contributed by atoms with Crippen LogP contribution in [0.25, 0.3) is 76.5 Å². The molecule has 0 atom stereocenters. The van der Waals surface area contributed by atoms with Crippen LogP contribution in [0.5, 0.6) is 0 Å². The van der Waals surface area contributed by atoms with Gasteiger partial charge in [-0.3, -0.25) is 9.97 Å². The second-order valence-corrected chi connectivity index (χ2v) is 8.70. The van der Waals surface area contributed by atoms with Crippen LogP contribution in [0, 0.1) is 0 Å². The van der Waals surface area contributed by atoms with Crippen molar-refractivity contribution in [2.75, 3.05) is 0 Å². The average Bonchev–Trinajstić information content (AvgIpc) is 3.56. The average molecular weight is 406 g/mol. The number of hydrogen-bond donors (Lipinski definition) is 0. The summed E-state index contributed by atoms with van der Waals surface area (Å²) in [6.45, 7) is 0. The van der Waals surface area contributed by atoms with Crippen molar-refractivity contribution < 1.29 is 0 Å². The number of rotatable bonds is 0. The molecule has 9 rings (SSSR count). The Kier molecular flexibility index (Phi) is 2.35. The van der Waals surface area contributed by atoms with Gasteiger partial charge in [0.1, 0.15) is 0 Å². The fourth-order valence-electron chi connectivity index (χ4n) is 6.05. The Balaban J connectivity index is 1.63. The molecule has 0 aliphatic heterocycles. The van der Waals surface area contributed by atoms with Crippen LogP contribution in [0.2, 0.25) is 0 Å². The number of nitrogens with zero attached hydrogens (tertiary/aromatic N) is 4. The van der Waals surface area contributed by atoms with E-state index in [1.54, 1.807) is 0 Å². The van der Waals surface area contributed by atoms with Gasteiger partial charge in [-0.25, -0.2) is 0 Å². The van der Waals surface area contributed by atoms with E-state index in [9.17, 15) is 0 Å². The topological polar surface area (TPSA) is 34.6 Å². The van der Waals surface area contributed by atoms with E-state index in [0.717, 1.165) is 11.0 Å². The lowest BCUT2D eigenvalue weighted by molar-refractivity contribution is 1.35. The summed E-state index contributed by atoms with van der Waals surface area (Å²) in [6, 6.07) is 26.2. The van der Waals surface area contributed by atoms with Gasteiger partial charge in [0.2, 0.25) is 0 Å². The summed E-state index contributed by atoms with van der Waals surface area (Å²) in [5.41, 5.74) is 9.47. The standard InChI is InChI=1S/C28H14N4/c1-3-7-21-17(5-1)25-27-15(9-11-29-25)19-14-24-20(13-23(19)31(21)27)16-10-12-30-26-18-6-2-4-8-22(18)32(24)28(16)26/h1-14H. The summed E-state index contributed by atoms with van der Waals surface area (Å²) < 4.78 is 4.79. The predicted octanol–water partition coefficient (Wildman–Crippen LogP) is 6.78. The van der Waals surface area contributed by atoms with Crippen LogP contribution >= 0.6 is 0 Å². The SMILES string of the molecule is c1ccc2c(c1)c1nccc3c4cc5c(cc4n2c31)c1ccnc2c3ccccc3n5c12. The Labute approximate surface area is 180 Å². The van der Waals surface area contributed by atoms with Crippen LogP contribution < -0.4 is 0 Å². The highest BCUT2D eigenvalue weighted by Gasteiger charge is 2.22. The summed E-state index contributed by atoms with van der Waals surface area (Å²) in [7, 11) is 0. The van der Waals surface area contributed by atoms with Crippen LogP contribution in [0.15, 0.2) is 85.2 Å². The molecule has 0 unspecified atom stereocenters. The van der Waals surface area contributed by atoms with Crippen molar-refractivity contribution in [1.82, 2.24) is 18.8 Å². The minimum Gasteiger partial charge on any atom is -0.306 e. The number of aromatic nitrogens is 4. The lowest BCUT2D eigenvalue weighted by Gasteiger charge is -2.01. The Morgan fingerprint density at radius 2 is 0.906 bits per heavy atom. The highest BCUT2D eigenvalue weighted by atomic mass is 15.0. The minimum absolute atomic E-state index is 1.08. The summed E-state index contributed by atoms with van der Waals surface area (Å²) in [5.74, 6) is 0. The predicted molar refractivity (Wildman–Crippen MR) is 131 cm³/mol. The first-order valence-corrected chi connectivity index (χ1v) is 10.9. The van der Waals surface area contributed by atoms with Crippen LogP contribution in [-0.2, 0) is 0 Å². The molecule has 0 amide bonds. The van der Waals surface area contributed by atoms with Crippen LogP contribution in [0.3, 0.4) is 0 Å². The zero-order valence-electron chi connectivity index (χ0n) is 16.9. The zero-order valence-corrected chi connectivity index (χ0v) is 16.9. The van der Waals surface area contributed by atoms with Gasteiger partial charge in [-0.2, -0.15) is 0 Å². The monoisotopic (exact) mass is 406 g/mol. The molecule has 146 valence electrons. The van der Waals surface area contributed by atoms with E-state index in [2.05, 4.69) is 81.6 Å². The maximum absolute atomic E-state index is 4.76. The van der Waals surface area contributed by atoms with Crippen molar-refractivity contribution in [1.29, 1.82) is 0 Å². The lowest BCUT2D eigenvalue weighted by Crippen LogP contribution is -1.82. The van der Waals surface area contributed by atoms with Crippen molar-refractivity contribution in [3.63, 3.8) is 0 Å². The van der Waals surface area contributed by atoms with Gasteiger partial charge in [-0.1, -0.05) is 36.4 Å². The highest BCUT2D eigenvalue weighted by molar-refractivity contribution is 6.27. The third-order valence-corrected chi connectivity index (χ3v) is 7.27. The highest BCUT2D eigenvalue weighted by Crippen LogP contribution is 2.43. The summed E-state index contributed by atoms with van der Waals surface area (Å²) in [6.07, 6.45) is 3.89.